The summed E-state index contributed by atoms with van der Waals surface area (Å²) in [7, 11) is 2.02. The van der Waals surface area contributed by atoms with Gasteiger partial charge in [-0.25, -0.2) is 0 Å². The van der Waals surface area contributed by atoms with E-state index in [4.69, 9.17) is 4.74 Å². The molecule has 19 heavy (non-hydrogen) atoms. The number of hydrogen-bond acceptors (Lipinski definition) is 3. The van der Waals surface area contributed by atoms with Gasteiger partial charge in [-0.1, -0.05) is 25.5 Å². The Balaban J connectivity index is 1.82. The smallest absolute Gasteiger partial charge is 0.122 e. The van der Waals surface area contributed by atoms with Gasteiger partial charge in [0.15, 0.2) is 0 Å². The summed E-state index contributed by atoms with van der Waals surface area (Å²) in [6, 6.07) is 6.59. The van der Waals surface area contributed by atoms with Gasteiger partial charge >= 0.3 is 0 Å². The topological polar surface area (TPSA) is 33.3 Å². The van der Waals surface area contributed by atoms with Crippen molar-refractivity contribution in [3.05, 3.63) is 29.3 Å². The van der Waals surface area contributed by atoms with E-state index in [1.807, 2.05) is 7.05 Å². The molecule has 106 valence electrons. The molecule has 0 radical (unpaired) electrons. The predicted octanol–water partition coefficient (Wildman–Crippen LogP) is 2.35. The fourth-order valence-electron chi connectivity index (χ4n) is 2.59. The van der Waals surface area contributed by atoms with Gasteiger partial charge in [0.25, 0.3) is 0 Å². The van der Waals surface area contributed by atoms with E-state index in [-0.39, 0.29) is 0 Å². The van der Waals surface area contributed by atoms with Crippen molar-refractivity contribution in [3.8, 4) is 5.75 Å². The van der Waals surface area contributed by atoms with E-state index < -0.39 is 0 Å². The average Bonchev–Trinajstić information content (AvgIpc) is 2.46. The molecule has 1 heterocycles. The number of ether oxygens (including phenoxy) is 1. The molecule has 0 aliphatic carbocycles. The van der Waals surface area contributed by atoms with E-state index in [2.05, 4.69) is 35.8 Å². The van der Waals surface area contributed by atoms with Crippen LogP contribution in [0.25, 0.3) is 0 Å². The molecule has 0 amide bonds. The van der Waals surface area contributed by atoms with Gasteiger partial charge in [0.1, 0.15) is 5.75 Å². The van der Waals surface area contributed by atoms with Crippen molar-refractivity contribution in [2.45, 2.75) is 32.7 Å². The highest BCUT2D eigenvalue weighted by atomic mass is 16.5. The van der Waals surface area contributed by atoms with Crippen LogP contribution in [0.2, 0.25) is 0 Å². The highest BCUT2D eigenvalue weighted by Gasteiger charge is 2.10. The third kappa shape index (κ3) is 4.22. The number of hydrogen-bond donors (Lipinski definition) is 2. The molecule has 1 aromatic rings. The summed E-state index contributed by atoms with van der Waals surface area (Å²) in [5.41, 5.74) is 2.73. The zero-order valence-corrected chi connectivity index (χ0v) is 12.2. The van der Waals surface area contributed by atoms with E-state index in [0.717, 1.165) is 44.8 Å². The SMILES string of the molecule is CCC(CNC)CNCc1ccc2c(c1)CCCO2. The second-order valence-corrected chi connectivity index (χ2v) is 5.36. The maximum absolute atomic E-state index is 5.64. The van der Waals surface area contributed by atoms with E-state index in [1.165, 1.54) is 17.5 Å². The number of aryl methyl sites for hydroxylation is 1. The average molecular weight is 262 g/mol. The Hall–Kier alpha value is -1.06. The third-order valence-corrected chi connectivity index (χ3v) is 3.81. The Bertz CT molecular complexity index is 392. The minimum atomic E-state index is 0.714. The predicted molar refractivity (Wildman–Crippen MR) is 79.7 cm³/mol. The Kier molecular flexibility index (Phi) is 5.67. The van der Waals surface area contributed by atoms with Crippen molar-refractivity contribution in [2.24, 2.45) is 5.92 Å². The molecule has 0 fully saturated rings. The highest BCUT2D eigenvalue weighted by molar-refractivity contribution is 5.38. The van der Waals surface area contributed by atoms with Gasteiger partial charge in [-0.15, -0.1) is 0 Å². The molecule has 0 bridgehead atoms. The van der Waals surface area contributed by atoms with Crippen molar-refractivity contribution in [3.63, 3.8) is 0 Å². The summed E-state index contributed by atoms with van der Waals surface area (Å²) in [5.74, 6) is 1.79. The molecule has 1 atom stereocenters. The second kappa shape index (κ2) is 7.51. The van der Waals surface area contributed by atoms with Crippen LogP contribution in [0.4, 0.5) is 0 Å². The lowest BCUT2D eigenvalue weighted by Gasteiger charge is -2.19. The molecule has 0 saturated carbocycles. The van der Waals surface area contributed by atoms with Gasteiger partial charge in [0, 0.05) is 6.54 Å². The van der Waals surface area contributed by atoms with Crippen LogP contribution in [0, 0.1) is 5.92 Å². The van der Waals surface area contributed by atoms with E-state index >= 15 is 0 Å². The normalized spacial score (nSPS) is 15.7. The largest absolute Gasteiger partial charge is 0.493 e. The quantitative estimate of drug-likeness (QED) is 0.791. The zero-order valence-electron chi connectivity index (χ0n) is 12.2. The van der Waals surface area contributed by atoms with Crippen LogP contribution in [0.5, 0.6) is 5.75 Å². The second-order valence-electron chi connectivity index (χ2n) is 5.36. The maximum atomic E-state index is 5.64. The first-order chi connectivity index (χ1) is 9.33. The molecule has 3 heteroatoms. The lowest BCUT2D eigenvalue weighted by Crippen LogP contribution is -2.29. The van der Waals surface area contributed by atoms with E-state index in [9.17, 15) is 0 Å². The van der Waals surface area contributed by atoms with Crippen molar-refractivity contribution in [1.82, 2.24) is 10.6 Å². The van der Waals surface area contributed by atoms with Gasteiger partial charge in [-0.2, -0.15) is 0 Å². The lowest BCUT2D eigenvalue weighted by atomic mass is 10.0. The molecule has 2 N–H and O–H groups in total. The Labute approximate surface area is 116 Å². The van der Waals surface area contributed by atoms with Crippen LogP contribution in [0.15, 0.2) is 18.2 Å². The van der Waals surface area contributed by atoms with Crippen LogP contribution < -0.4 is 15.4 Å². The fourth-order valence-corrected chi connectivity index (χ4v) is 2.59. The molecule has 1 aliphatic heterocycles. The van der Waals surface area contributed by atoms with Gasteiger partial charge in [0.05, 0.1) is 6.61 Å². The summed E-state index contributed by atoms with van der Waals surface area (Å²) in [6.45, 7) is 6.23. The minimum Gasteiger partial charge on any atom is -0.493 e. The van der Waals surface area contributed by atoms with E-state index in [1.54, 1.807) is 0 Å². The van der Waals surface area contributed by atoms with Gasteiger partial charge < -0.3 is 15.4 Å². The first kappa shape index (κ1) is 14.4. The molecule has 0 aromatic heterocycles. The van der Waals surface area contributed by atoms with Crippen LogP contribution in [-0.4, -0.2) is 26.7 Å². The van der Waals surface area contributed by atoms with Crippen molar-refractivity contribution >= 4 is 0 Å². The number of fused-ring (bicyclic) bond motifs is 1. The van der Waals surface area contributed by atoms with Crippen LogP contribution >= 0.6 is 0 Å². The standard InChI is InChI=1S/C16H26N2O/c1-3-13(10-17-2)11-18-12-14-6-7-16-15(9-14)5-4-8-19-16/h6-7,9,13,17-18H,3-5,8,10-12H2,1-2H3. The lowest BCUT2D eigenvalue weighted by molar-refractivity contribution is 0.288. The molecule has 2 rings (SSSR count). The van der Waals surface area contributed by atoms with Crippen LogP contribution in [0.3, 0.4) is 0 Å². The minimum absolute atomic E-state index is 0.714. The van der Waals surface area contributed by atoms with Gasteiger partial charge in [-0.3, -0.25) is 0 Å². The van der Waals surface area contributed by atoms with Crippen molar-refractivity contribution in [2.75, 3.05) is 26.7 Å². The molecule has 0 spiro atoms. The van der Waals surface area contributed by atoms with E-state index in [0.29, 0.717) is 5.92 Å². The highest BCUT2D eigenvalue weighted by Crippen LogP contribution is 2.25. The van der Waals surface area contributed by atoms with Gasteiger partial charge in [0.2, 0.25) is 0 Å². The first-order valence-electron chi connectivity index (χ1n) is 7.43. The Morgan fingerprint density at radius 1 is 1.32 bits per heavy atom. The summed E-state index contributed by atoms with van der Waals surface area (Å²) in [4.78, 5) is 0. The molecule has 3 nitrogen and oxygen atoms in total. The van der Waals surface area contributed by atoms with Crippen molar-refractivity contribution < 1.29 is 4.74 Å². The summed E-state index contributed by atoms with van der Waals surface area (Å²) >= 11 is 0. The first-order valence-corrected chi connectivity index (χ1v) is 7.43. The van der Waals surface area contributed by atoms with Crippen LogP contribution in [0.1, 0.15) is 30.9 Å². The molecule has 1 aromatic carbocycles. The zero-order chi connectivity index (χ0) is 13.5. The summed E-state index contributed by atoms with van der Waals surface area (Å²) in [5, 5.41) is 6.82. The molecule has 1 aliphatic rings. The Morgan fingerprint density at radius 3 is 3.00 bits per heavy atom. The number of benzene rings is 1. The Morgan fingerprint density at radius 2 is 2.21 bits per heavy atom. The monoisotopic (exact) mass is 262 g/mol. The summed E-state index contributed by atoms with van der Waals surface area (Å²) in [6.07, 6.45) is 3.51. The number of rotatable bonds is 7. The molecule has 0 saturated heterocycles. The maximum Gasteiger partial charge on any atom is 0.122 e. The molecule has 1 unspecified atom stereocenters. The van der Waals surface area contributed by atoms with Gasteiger partial charge in [-0.05, 0) is 56.1 Å². The summed E-state index contributed by atoms with van der Waals surface area (Å²) < 4.78 is 5.64. The fraction of sp³-hybridized carbons (Fsp3) is 0.625. The van der Waals surface area contributed by atoms with Crippen LogP contribution in [-0.2, 0) is 13.0 Å². The third-order valence-electron chi connectivity index (χ3n) is 3.81. The number of nitrogens with one attached hydrogen (secondary N) is 2. The molecular weight excluding hydrogens is 236 g/mol. The molecular formula is C16H26N2O. The van der Waals surface area contributed by atoms with Crippen molar-refractivity contribution in [1.29, 1.82) is 0 Å².